The molecule has 1 aromatic heterocycles. The van der Waals surface area contributed by atoms with Crippen LogP contribution in [0.3, 0.4) is 0 Å². The second kappa shape index (κ2) is 6.76. The molecule has 2 N–H and O–H groups in total. The van der Waals surface area contributed by atoms with E-state index in [-0.39, 0.29) is 11.5 Å². The van der Waals surface area contributed by atoms with Crippen molar-refractivity contribution in [2.45, 2.75) is 19.8 Å². The van der Waals surface area contributed by atoms with E-state index >= 15 is 0 Å². The molecule has 3 heterocycles. The molecular weight excluding hydrogens is 310 g/mol. The highest BCUT2D eigenvalue weighted by atomic mass is 16.6. The average Bonchev–Trinajstić information content (AvgIpc) is 2.55. The summed E-state index contributed by atoms with van der Waals surface area (Å²) in [6, 6.07) is 0. The third-order valence-corrected chi connectivity index (χ3v) is 4.93. The van der Waals surface area contributed by atoms with Crippen LogP contribution < -0.4 is 15.5 Å². The Morgan fingerprint density at radius 2 is 1.71 bits per heavy atom. The Kier molecular flexibility index (Phi) is 4.70. The van der Waals surface area contributed by atoms with E-state index in [4.69, 9.17) is 5.73 Å². The number of aromatic nitrogens is 2. The summed E-state index contributed by atoms with van der Waals surface area (Å²) in [6.07, 6.45) is 2.01. The second-order valence-electron chi connectivity index (χ2n) is 6.80. The predicted molar refractivity (Wildman–Crippen MR) is 93.4 cm³/mol. The van der Waals surface area contributed by atoms with Gasteiger partial charge in [-0.3, -0.25) is 10.1 Å². The Balaban J connectivity index is 1.93. The highest BCUT2D eigenvalue weighted by Crippen LogP contribution is 2.35. The van der Waals surface area contributed by atoms with Gasteiger partial charge in [-0.25, -0.2) is 0 Å². The lowest BCUT2D eigenvalue weighted by Gasteiger charge is -2.34. The largest absolute Gasteiger partial charge is 0.378 e. The Hall–Kier alpha value is -2.16. The average molecular weight is 335 g/mol. The number of nitrogen functional groups attached to an aromatic ring is 1. The molecule has 3 rings (SSSR count). The summed E-state index contributed by atoms with van der Waals surface area (Å²) in [5.41, 5.74) is 5.77. The fourth-order valence-corrected chi connectivity index (χ4v) is 3.21. The van der Waals surface area contributed by atoms with Crippen molar-refractivity contribution in [1.29, 1.82) is 0 Å². The van der Waals surface area contributed by atoms with Crippen LogP contribution in [-0.2, 0) is 0 Å². The molecule has 2 aliphatic rings. The van der Waals surface area contributed by atoms with Crippen molar-refractivity contribution in [2.75, 3.05) is 61.8 Å². The number of anilines is 3. The van der Waals surface area contributed by atoms with Gasteiger partial charge in [-0.15, -0.1) is 0 Å². The third-order valence-electron chi connectivity index (χ3n) is 4.93. The quantitative estimate of drug-likeness (QED) is 0.643. The zero-order valence-corrected chi connectivity index (χ0v) is 14.3. The lowest BCUT2D eigenvalue weighted by Crippen LogP contribution is -2.45. The zero-order chi connectivity index (χ0) is 17.3. The fraction of sp³-hybridized carbons (Fsp3) is 0.733. The molecule has 0 atom stereocenters. The van der Waals surface area contributed by atoms with Gasteiger partial charge in [-0.2, -0.15) is 9.97 Å². The molecule has 9 nitrogen and oxygen atoms in total. The summed E-state index contributed by atoms with van der Waals surface area (Å²) >= 11 is 0. The van der Waals surface area contributed by atoms with Crippen LogP contribution in [0, 0.1) is 16.0 Å². The van der Waals surface area contributed by atoms with Gasteiger partial charge in [0.25, 0.3) is 0 Å². The van der Waals surface area contributed by atoms with Gasteiger partial charge in [0.15, 0.2) is 0 Å². The Bertz CT molecular complexity index is 608. The van der Waals surface area contributed by atoms with E-state index < -0.39 is 4.92 Å². The van der Waals surface area contributed by atoms with Crippen molar-refractivity contribution in [3.8, 4) is 0 Å². The Morgan fingerprint density at radius 1 is 1.08 bits per heavy atom. The van der Waals surface area contributed by atoms with Crippen LogP contribution in [0.25, 0.3) is 0 Å². The summed E-state index contributed by atoms with van der Waals surface area (Å²) in [4.78, 5) is 26.1. The van der Waals surface area contributed by atoms with Gasteiger partial charge >= 0.3 is 5.69 Å². The second-order valence-corrected chi connectivity index (χ2v) is 6.80. The maximum atomic E-state index is 11.5. The molecule has 24 heavy (non-hydrogen) atoms. The van der Waals surface area contributed by atoms with Gasteiger partial charge in [-0.05, 0) is 25.8 Å². The van der Waals surface area contributed by atoms with Gasteiger partial charge in [0.05, 0.1) is 4.92 Å². The van der Waals surface area contributed by atoms with E-state index in [1.54, 1.807) is 0 Å². The van der Waals surface area contributed by atoms with Gasteiger partial charge in [0.2, 0.25) is 17.6 Å². The minimum absolute atomic E-state index is 0.0439. The number of nitrogens with two attached hydrogens (primary N) is 1. The smallest absolute Gasteiger partial charge is 0.353 e. The molecule has 1 aromatic rings. The van der Waals surface area contributed by atoms with Crippen LogP contribution in [0.1, 0.15) is 19.8 Å². The van der Waals surface area contributed by atoms with Crippen LogP contribution in [-0.4, -0.2) is 66.1 Å². The molecule has 2 fully saturated rings. The third kappa shape index (κ3) is 3.35. The first-order chi connectivity index (χ1) is 11.5. The first-order valence-electron chi connectivity index (χ1n) is 8.46. The molecule has 0 aromatic carbocycles. The number of rotatable bonds is 3. The zero-order valence-electron chi connectivity index (χ0n) is 14.3. The molecular formula is C15H25N7O2. The van der Waals surface area contributed by atoms with Gasteiger partial charge in [0, 0.05) is 39.3 Å². The van der Waals surface area contributed by atoms with Crippen molar-refractivity contribution < 1.29 is 4.92 Å². The van der Waals surface area contributed by atoms with E-state index in [1.807, 2.05) is 4.90 Å². The van der Waals surface area contributed by atoms with Crippen molar-refractivity contribution in [3.05, 3.63) is 10.1 Å². The molecule has 0 bridgehead atoms. The summed E-state index contributed by atoms with van der Waals surface area (Å²) in [6.45, 7) is 7.15. The normalized spacial score (nSPS) is 20.4. The molecule has 0 radical (unpaired) electrons. The van der Waals surface area contributed by atoms with E-state index in [0.29, 0.717) is 17.7 Å². The first kappa shape index (κ1) is 16.7. The first-order valence-corrected chi connectivity index (χ1v) is 8.46. The maximum absolute atomic E-state index is 11.5. The summed E-state index contributed by atoms with van der Waals surface area (Å²) < 4.78 is 0. The lowest BCUT2D eigenvalue weighted by atomic mass is 9.99. The molecule has 2 saturated heterocycles. The molecule has 132 valence electrons. The summed E-state index contributed by atoms with van der Waals surface area (Å²) in [7, 11) is 2.07. The van der Waals surface area contributed by atoms with Gasteiger partial charge < -0.3 is 20.4 Å². The van der Waals surface area contributed by atoms with E-state index in [2.05, 4.69) is 33.7 Å². The Labute approximate surface area is 141 Å². The minimum atomic E-state index is -0.462. The molecule has 9 heteroatoms. The number of likely N-dealkylation sites (N-methyl/N-ethyl adjacent to an activating group) is 1. The number of hydrogen-bond acceptors (Lipinski definition) is 8. The molecule has 0 unspecified atom stereocenters. The highest BCUT2D eigenvalue weighted by molar-refractivity contribution is 5.71. The number of hydrogen-bond donors (Lipinski definition) is 1. The monoisotopic (exact) mass is 335 g/mol. The van der Waals surface area contributed by atoms with Crippen LogP contribution in [0.2, 0.25) is 0 Å². The van der Waals surface area contributed by atoms with Gasteiger partial charge in [-0.1, -0.05) is 6.92 Å². The predicted octanol–water partition coefficient (Wildman–Crippen LogP) is 0.955. The lowest BCUT2D eigenvalue weighted by molar-refractivity contribution is -0.383. The minimum Gasteiger partial charge on any atom is -0.378 e. The maximum Gasteiger partial charge on any atom is 0.353 e. The Morgan fingerprint density at radius 3 is 2.29 bits per heavy atom. The van der Waals surface area contributed by atoms with Gasteiger partial charge in [0.1, 0.15) is 0 Å². The van der Waals surface area contributed by atoms with E-state index in [0.717, 1.165) is 52.1 Å². The molecule has 0 saturated carbocycles. The van der Waals surface area contributed by atoms with Crippen LogP contribution in [0.5, 0.6) is 0 Å². The van der Waals surface area contributed by atoms with E-state index in [1.165, 1.54) is 0 Å². The fourth-order valence-electron chi connectivity index (χ4n) is 3.21. The summed E-state index contributed by atoms with van der Waals surface area (Å²) in [5.74, 6) is 1.46. The number of piperidine rings is 1. The van der Waals surface area contributed by atoms with Crippen molar-refractivity contribution in [1.82, 2.24) is 14.9 Å². The summed E-state index contributed by atoms with van der Waals surface area (Å²) in [5, 5.41) is 11.5. The number of piperazine rings is 1. The van der Waals surface area contributed by atoms with Crippen molar-refractivity contribution in [2.24, 2.45) is 5.92 Å². The topological polar surface area (TPSA) is 105 Å². The molecule has 0 amide bonds. The van der Waals surface area contributed by atoms with Crippen molar-refractivity contribution in [3.63, 3.8) is 0 Å². The molecule has 0 spiro atoms. The molecule has 2 aliphatic heterocycles. The van der Waals surface area contributed by atoms with Crippen molar-refractivity contribution >= 4 is 23.3 Å². The SMILES string of the molecule is CC1CCN(c2nc(N3CCN(C)CC3)nc(N)c2[N+](=O)[O-])CC1. The standard InChI is InChI=1S/C15H25N7O2/c1-11-3-5-20(6-4-11)14-12(22(23)24)13(16)17-15(18-14)21-9-7-19(2)8-10-21/h11H,3-10H2,1-2H3,(H2,16,17,18). The molecule has 0 aliphatic carbocycles. The number of nitrogens with zero attached hydrogens (tertiary/aromatic N) is 6. The van der Waals surface area contributed by atoms with E-state index in [9.17, 15) is 10.1 Å². The van der Waals surface area contributed by atoms with Crippen LogP contribution in [0.15, 0.2) is 0 Å². The number of nitro groups is 1. The highest BCUT2D eigenvalue weighted by Gasteiger charge is 2.30. The van der Waals surface area contributed by atoms with Crippen LogP contribution in [0.4, 0.5) is 23.3 Å². The van der Waals surface area contributed by atoms with Crippen LogP contribution >= 0.6 is 0 Å².